The van der Waals surface area contributed by atoms with Crippen molar-refractivity contribution < 1.29 is 23.5 Å². The van der Waals surface area contributed by atoms with Gasteiger partial charge in [0.1, 0.15) is 11.5 Å². The van der Waals surface area contributed by atoms with Gasteiger partial charge in [0, 0.05) is 60.5 Å². The molecule has 0 aliphatic rings. The highest BCUT2D eigenvalue weighted by Gasteiger charge is 2.15. The lowest BCUT2D eigenvalue weighted by atomic mass is 10.0. The second-order valence-electron chi connectivity index (χ2n) is 9.92. The number of amides is 1. The molecule has 1 amide bonds. The highest BCUT2D eigenvalue weighted by molar-refractivity contribution is 7.80. The number of thiophene rings is 1. The lowest BCUT2D eigenvalue weighted by molar-refractivity contribution is -0.117. The molecule has 0 atom stereocenters. The van der Waals surface area contributed by atoms with Crippen LogP contribution in [-0.4, -0.2) is 41.8 Å². The Labute approximate surface area is 258 Å². The number of hydrogen-bond acceptors (Lipinski definition) is 7. The van der Waals surface area contributed by atoms with E-state index in [0.29, 0.717) is 47.7 Å². The zero-order chi connectivity index (χ0) is 30.2. The third-order valence-electron chi connectivity index (χ3n) is 6.66. The van der Waals surface area contributed by atoms with Crippen molar-refractivity contribution in [1.82, 2.24) is 10.3 Å². The van der Waals surface area contributed by atoms with Gasteiger partial charge in [0.05, 0.1) is 16.8 Å². The number of fused-ring (bicyclic) bond motifs is 1. The van der Waals surface area contributed by atoms with Crippen molar-refractivity contribution in [2.75, 3.05) is 20.3 Å². The number of aromatic nitrogens is 1. The molecule has 43 heavy (non-hydrogen) atoms. The van der Waals surface area contributed by atoms with Crippen LogP contribution in [-0.2, 0) is 22.4 Å². The van der Waals surface area contributed by atoms with Crippen LogP contribution in [0.25, 0.3) is 20.7 Å². The molecular formula is C34H29FN2O4S2. The molecule has 0 spiro atoms. The SMILES string of the molecule is COCCNC(=O)c1ccc(-c2cc3nccc(Oc4ccc(CC(=S)CC(=O)Cc5ccccc5)cc4F)c3s2)cc1. The van der Waals surface area contributed by atoms with Crippen LogP contribution in [0.3, 0.4) is 0 Å². The van der Waals surface area contributed by atoms with Gasteiger partial charge in [-0.25, -0.2) is 4.39 Å². The summed E-state index contributed by atoms with van der Waals surface area (Å²) in [6.07, 6.45) is 2.45. The summed E-state index contributed by atoms with van der Waals surface area (Å²) in [5.41, 5.74) is 3.83. The molecule has 6 nitrogen and oxygen atoms in total. The van der Waals surface area contributed by atoms with Gasteiger partial charge in [-0.1, -0.05) is 60.7 Å². The van der Waals surface area contributed by atoms with E-state index in [1.54, 1.807) is 43.6 Å². The van der Waals surface area contributed by atoms with Gasteiger partial charge in [0.25, 0.3) is 5.91 Å². The molecular weight excluding hydrogens is 584 g/mol. The number of methoxy groups -OCH3 is 1. The third kappa shape index (κ3) is 7.95. The summed E-state index contributed by atoms with van der Waals surface area (Å²) in [4.78, 5) is 30.7. The average Bonchev–Trinajstić information content (AvgIpc) is 3.44. The van der Waals surface area contributed by atoms with Crippen molar-refractivity contribution in [3.8, 4) is 21.9 Å². The quantitative estimate of drug-likeness (QED) is 0.110. The molecule has 2 heterocycles. The van der Waals surface area contributed by atoms with Crippen LogP contribution in [0.4, 0.5) is 4.39 Å². The van der Waals surface area contributed by atoms with Crippen LogP contribution in [0, 0.1) is 5.82 Å². The molecule has 1 N–H and O–H groups in total. The molecule has 218 valence electrons. The molecule has 5 rings (SSSR count). The Morgan fingerprint density at radius 2 is 1.72 bits per heavy atom. The zero-order valence-electron chi connectivity index (χ0n) is 23.5. The van der Waals surface area contributed by atoms with Crippen molar-refractivity contribution in [1.29, 1.82) is 0 Å². The van der Waals surface area contributed by atoms with E-state index in [4.69, 9.17) is 21.7 Å². The summed E-state index contributed by atoms with van der Waals surface area (Å²) in [5, 5.41) is 2.81. The van der Waals surface area contributed by atoms with Gasteiger partial charge in [0.2, 0.25) is 0 Å². The summed E-state index contributed by atoms with van der Waals surface area (Å²) in [5.74, 6) is -0.0704. The Morgan fingerprint density at radius 1 is 0.930 bits per heavy atom. The van der Waals surface area contributed by atoms with Gasteiger partial charge in [-0.3, -0.25) is 14.6 Å². The van der Waals surface area contributed by atoms with Crippen molar-refractivity contribution >= 4 is 50.3 Å². The fourth-order valence-corrected chi connectivity index (χ4v) is 5.94. The van der Waals surface area contributed by atoms with E-state index in [-0.39, 0.29) is 23.9 Å². The predicted octanol–water partition coefficient (Wildman–Crippen LogP) is 7.39. The Morgan fingerprint density at radius 3 is 2.47 bits per heavy atom. The molecule has 0 radical (unpaired) electrons. The molecule has 9 heteroatoms. The van der Waals surface area contributed by atoms with Crippen molar-refractivity contribution in [3.05, 3.63) is 114 Å². The molecule has 0 saturated heterocycles. The average molecular weight is 613 g/mol. The number of nitrogens with one attached hydrogen (secondary N) is 1. The Hall–Kier alpha value is -4.31. The van der Waals surface area contributed by atoms with E-state index in [9.17, 15) is 9.59 Å². The number of hydrogen-bond donors (Lipinski definition) is 1. The van der Waals surface area contributed by atoms with Crippen LogP contribution in [0.15, 0.2) is 91.1 Å². The predicted molar refractivity (Wildman–Crippen MR) is 172 cm³/mol. The van der Waals surface area contributed by atoms with Crippen LogP contribution >= 0.6 is 23.6 Å². The smallest absolute Gasteiger partial charge is 0.251 e. The number of pyridine rings is 1. The molecule has 0 saturated carbocycles. The lowest BCUT2D eigenvalue weighted by Gasteiger charge is -2.10. The summed E-state index contributed by atoms with van der Waals surface area (Å²) in [6, 6.07) is 25.2. The Kier molecular flexibility index (Phi) is 9.99. The van der Waals surface area contributed by atoms with Crippen LogP contribution < -0.4 is 10.1 Å². The minimum atomic E-state index is -0.517. The minimum Gasteiger partial charge on any atom is -0.453 e. The fourth-order valence-electron chi connectivity index (χ4n) is 4.54. The molecule has 5 aromatic rings. The lowest BCUT2D eigenvalue weighted by Crippen LogP contribution is -2.26. The number of ether oxygens (including phenoxy) is 2. The molecule has 0 bridgehead atoms. The molecule has 2 aromatic heterocycles. The van der Waals surface area contributed by atoms with Gasteiger partial charge in [-0.2, -0.15) is 0 Å². The van der Waals surface area contributed by atoms with Gasteiger partial charge in [-0.05, 0) is 47.0 Å². The van der Waals surface area contributed by atoms with Gasteiger partial charge < -0.3 is 14.8 Å². The topological polar surface area (TPSA) is 77.5 Å². The maximum absolute atomic E-state index is 15.1. The largest absolute Gasteiger partial charge is 0.453 e. The van der Waals surface area contributed by atoms with Crippen LogP contribution in [0.2, 0.25) is 0 Å². The van der Waals surface area contributed by atoms with Gasteiger partial charge >= 0.3 is 0 Å². The highest BCUT2D eigenvalue weighted by Crippen LogP contribution is 2.39. The molecule has 0 unspecified atom stereocenters. The number of carbonyl (C=O) groups excluding carboxylic acids is 2. The summed E-state index contributed by atoms with van der Waals surface area (Å²) < 4.78 is 26.9. The first kappa shape index (κ1) is 30.2. The normalized spacial score (nSPS) is 10.9. The fraction of sp³-hybridized carbons (Fsp3) is 0.176. The van der Waals surface area contributed by atoms with Crippen molar-refractivity contribution in [2.45, 2.75) is 19.3 Å². The highest BCUT2D eigenvalue weighted by atomic mass is 32.1. The van der Waals surface area contributed by atoms with Crippen molar-refractivity contribution in [3.63, 3.8) is 0 Å². The van der Waals surface area contributed by atoms with E-state index in [1.165, 1.54) is 17.4 Å². The summed E-state index contributed by atoms with van der Waals surface area (Å²) in [6.45, 7) is 0.887. The molecule has 3 aromatic carbocycles. The summed E-state index contributed by atoms with van der Waals surface area (Å²) >= 11 is 6.92. The van der Waals surface area contributed by atoms with Crippen LogP contribution in [0.1, 0.15) is 27.9 Å². The number of benzene rings is 3. The van der Waals surface area contributed by atoms with Crippen molar-refractivity contribution in [2.24, 2.45) is 0 Å². The molecule has 0 fully saturated rings. The third-order valence-corrected chi connectivity index (χ3v) is 8.13. The maximum Gasteiger partial charge on any atom is 0.251 e. The van der Waals surface area contributed by atoms with E-state index in [2.05, 4.69) is 10.3 Å². The number of rotatable bonds is 13. The monoisotopic (exact) mass is 612 g/mol. The van der Waals surface area contributed by atoms with E-state index in [0.717, 1.165) is 26.2 Å². The number of Topliss-reactive ketones (excluding diaryl/α,β-unsaturated/α-hetero) is 1. The van der Waals surface area contributed by atoms with Gasteiger partial charge in [-0.15, -0.1) is 11.3 Å². The Bertz CT molecular complexity index is 1750. The van der Waals surface area contributed by atoms with E-state index in [1.807, 2.05) is 48.5 Å². The van der Waals surface area contributed by atoms with Gasteiger partial charge in [0.15, 0.2) is 11.6 Å². The number of carbonyl (C=O) groups is 2. The first-order chi connectivity index (χ1) is 20.9. The van der Waals surface area contributed by atoms with E-state index >= 15 is 4.39 Å². The zero-order valence-corrected chi connectivity index (χ0v) is 25.1. The second-order valence-corrected chi connectivity index (χ2v) is 11.5. The Balaban J connectivity index is 1.24. The molecule has 0 aliphatic heterocycles. The number of thiocarbonyl (C=S) groups is 1. The standard InChI is InChI=1S/C34H29FN2O4S2/c1-40-16-15-37-34(39)25-10-8-24(9-11-25)32-21-29-33(43-32)31(13-14-36-29)41-30-12-7-23(19-28(30)35)18-27(42)20-26(38)17-22-5-3-2-4-6-22/h2-14,19,21H,15-18,20H2,1H3,(H,37,39). The number of nitrogens with zero attached hydrogens (tertiary/aromatic N) is 1. The summed E-state index contributed by atoms with van der Waals surface area (Å²) in [7, 11) is 1.58. The van der Waals surface area contributed by atoms with E-state index < -0.39 is 5.82 Å². The van der Waals surface area contributed by atoms with Crippen LogP contribution in [0.5, 0.6) is 11.5 Å². The number of ketones is 1. The first-order valence-corrected chi connectivity index (χ1v) is 14.9. The molecule has 0 aliphatic carbocycles. The second kappa shape index (κ2) is 14.2. The minimum absolute atomic E-state index is 0.0352. The first-order valence-electron chi connectivity index (χ1n) is 13.7. The maximum atomic E-state index is 15.1. The number of halogens is 1.